The molecule has 0 bridgehead atoms. The molecule has 1 heterocycles. The van der Waals surface area contributed by atoms with Gasteiger partial charge in [0.1, 0.15) is 0 Å². The standard InChI is InChI=1S/C35H28N2/c1-24(34-30-15-7-3-11-26(30)21-27-12-4-8-16-31(27)34)36-19-20-37(23-36)25(2)35-32-17-9-5-13-28(32)22-29-14-6-10-18-33(29)35/h3-22,24-25H,1-2H3/t24-,25-/m1/s1. The van der Waals surface area contributed by atoms with Crippen molar-refractivity contribution in [3.63, 3.8) is 0 Å². The number of rotatable bonds is 4. The Morgan fingerprint density at radius 2 is 0.757 bits per heavy atom. The molecule has 0 N–H and O–H groups in total. The molecule has 1 aliphatic heterocycles. The van der Waals surface area contributed by atoms with Gasteiger partial charge in [0.25, 0.3) is 0 Å². The van der Waals surface area contributed by atoms with Gasteiger partial charge in [0.15, 0.2) is 0 Å². The molecule has 6 aromatic carbocycles. The molecule has 0 saturated carbocycles. The maximum Gasteiger partial charge on any atom is 0.208 e. The zero-order valence-electron chi connectivity index (χ0n) is 21.1. The quantitative estimate of drug-likeness (QED) is 0.234. The maximum absolute atomic E-state index is 3.70. The molecule has 2 heteroatoms. The van der Waals surface area contributed by atoms with Crippen molar-refractivity contribution >= 4 is 43.1 Å². The molecule has 0 aromatic heterocycles. The van der Waals surface area contributed by atoms with Crippen LogP contribution in [-0.2, 0) is 0 Å². The van der Waals surface area contributed by atoms with E-state index in [4.69, 9.17) is 0 Å². The molecule has 0 spiro atoms. The minimum absolute atomic E-state index is 0.133. The maximum atomic E-state index is 3.70. The van der Waals surface area contributed by atoms with Crippen molar-refractivity contribution in [2.45, 2.75) is 25.9 Å². The smallest absolute Gasteiger partial charge is 0.208 e. The van der Waals surface area contributed by atoms with Gasteiger partial charge >= 0.3 is 0 Å². The number of fused-ring (bicyclic) bond motifs is 4. The Morgan fingerprint density at radius 3 is 1.08 bits per heavy atom. The van der Waals surface area contributed by atoms with Gasteiger partial charge in [0.2, 0.25) is 6.67 Å². The molecule has 37 heavy (non-hydrogen) atoms. The summed E-state index contributed by atoms with van der Waals surface area (Å²) < 4.78 is 0. The van der Waals surface area contributed by atoms with E-state index >= 15 is 0 Å². The molecule has 0 fully saturated rings. The van der Waals surface area contributed by atoms with Crippen molar-refractivity contribution in [2.24, 2.45) is 0 Å². The van der Waals surface area contributed by atoms with E-state index in [9.17, 15) is 0 Å². The number of hydrogen-bond donors (Lipinski definition) is 0. The first-order chi connectivity index (χ1) is 18.2. The Hall–Kier alpha value is -4.30. The van der Waals surface area contributed by atoms with Crippen LogP contribution in [0.5, 0.6) is 0 Å². The average Bonchev–Trinajstić information content (AvgIpc) is 3.44. The van der Waals surface area contributed by atoms with Crippen molar-refractivity contribution in [1.82, 2.24) is 9.80 Å². The van der Waals surface area contributed by atoms with E-state index in [0.717, 1.165) is 0 Å². The predicted octanol–water partition coefficient (Wildman–Crippen LogP) is 9.21. The molecule has 7 rings (SSSR count). The van der Waals surface area contributed by atoms with Crippen molar-refractivity contribution in [2.75, 3.05) is 0 Å². The average molecular weight is 477 g/mol. The summed E-state index contributed by atoms with van der Waals surface area (Å²) in [5.74, 6) is 0. The molecular weight excluding hydrogens is 448 g/mol. The van der Waals surface area contributed by atoms with E-state index in [1.807, 2.05) is 0 Å². The van der Waals surface area contributed by atoms with Crippen LogP contribution in [0.15, 0.2) is 122 Å². The van der Waals surface area contributed by atoms with Gasteiger partial charge in [0, 0.05) is 12.4 Å². The van der Waals surface area contributed by atoms with Gasteiger partial charge in [-0.05, 0) is 80.2 Å². The molecule has 2 nitrogen and oxygen atoms in total. The highest BCUT2D eigenvalue weighted by atomic mass is 15.4. The van der Waals surface area contributed by atoms with Crippen LogP contribution in [0.1, 0.15) is 37.1 Å². The third-order valence-corrected chi connectivity index (χ3v) is 7.91. The summed E-state index contributed by atoms with van der Waals surface area (Å²) in [5.41, 5.74) is 2.69. The first-order valence-corrected chi connectivity index (χ1v) is 13.0. The second kappa shape index (κ2) is 8.67. The first kappa shape index (κ1) is 21.9. The van der Waals surface area contributed by atoms with Crippen LogP contribution in [0.3, 0.4) is 0 Å². The fraction of sp³-hybridized carbons (Fsp3) is 0.114. The number of benzene rings is 6. The summed E-state index contributed by atoms with van der Waals surface area (Å²) in [6.07, 6.45) is 4.34. The predicted molar refractivity (Wildman–Crippen MR) is 156 cm³/mol. The summed E-state index contributed by atoms with van der Waals surface area (Å²) in [7, 11) is 0. The van der Waals surface area contributed by atoms with Crippen LogP contribution in [0.25, 0.3) is 43.1 Å². The molecule has 0 unspecified atom stereocenters. The first-order valence-electron chi connectivity index (χ1n) is 13.0. The molecule has 178 valence electrons. The van der Waals surface area contributed by atoms with Gasteiger partial charge in [-0.2, -0.15) is 0 Å². The van der Waals surface area contributed by atoms with Gasteiger partial charge in [0.05, 0.1) is 12.1 Å². The summed E-state index contributed by atoms with van der Waals surface area (Å²) >= 11 is 0. The van der Waals surface area contributed by atoms with Crippen LogP contribution in [-0.4, -0.2) is 9.80 Å². The highest BCUT2D eigenvalue weighted by molar-refractivity contribution is 6.03. The summed E-state index contributed by atoms with van der Waals surface area (Å²) in [4.78, 5) is 4.47. The van der Waals surface area contributed by atoms with Crippen LogP contribution in [0.4, 0.5) is 0 Å². The Morgan fingerprint density at radius 1 is 0.459 bits per heavy atom. The van der Waals surface area contributed by atoms with Gasteiger partial charge in [-0.15, -0.1) is 0 Å². The molecule has 0 amide bonds. The Balaban J connectivity index is 1.28. The minimum atomic E-state index is 0.133. The molecule has 1 aliphatic rings. The SMILES string of the molecule is C[C@H](c1c2ccccc2cc2ccccc12)N1[C]N([C@H](C)c2c3ccccc3cc3ccccc23)C=C1. The van der Waals surface area contributed by atoms with Crippen molar-refractivity contribution in [3.05, 3.63) is 139 Å². The Labute approximate surface area is 218 Å². The fourth-order valence-electron chi connectivity index (χ4n) is 6.05. The number of nitrogens with zero attached hydrogens (tertiary/aromatic N) is 2. The van der Waals surface area contributed by atoms with E-state index in [0.29, 0.717) is 0 Å². The lowest BCUT2D eigenvalue weighted by Gasteiger charge is -2.31. The lowest BCUT2D eigenvalue weighted by molar-refractivity contribution is 0.262. The van der Waals surface area contributed by atoms with E-state index < -0.39 is 0 Å². The third-order valence-electron chi connectivity index (χ3n) is 7.91. The molecule has 2 atom stereocenters. The Kier molecular flexibility index (Phi) is 5.14. The van der Waals surface area contributed by atoms with E-state index in [1.54, 1.807) is 0 Å². The minimum Gasteiger partial charge on any atom is -0.339 e. The van der Waals surface area contributed by atoms with Crippen LogP contribution < -0.4 is 0 Å². The Bertz CT molecular complexity index is 1570. The molecule has 0 aliphatic carbocycles. The summed E-state index contributed by atoms with van der Waals surface area (Å²) in [5, 5.41) is 10.3. The zero-order chi connectivity index (χ0) is 24.9. The highest BCUT2D eigenvalue weighted by Crippen LogP contribution is 2.41. The lowest BCUT2D eigenvalue weighted by atomic mass is 9.92. The van der Waals surface area contributed by atoms with E-state index in [2.05, 4.69) is 152 Å². The van der Waals surface area contributed by atoms with Crippen LogP contribution in [0.2, 0.25) is 0 Å². The summed E-state index contributed by atoms with van der Waals surface area (Å²) in [6.45, 7) is 8.27. The molecule has 0 saturated heterocycles. The van der Waals surface area contributed by atoms with E-state index in [-0.39, 0.29) is 12.1 Å². The number of hydrogen-bond acceptors (Lipinski definition) is 2. The van der Waals surface area contributed by atoms with Crippen molar-refractivity contribution < 1.29 is 0 Å². The van der Waals surface area contributed by atoms with Gasteiger partial charge in [-0.3, -0.25) is 0 Å². The van der Waals surface area contributed by atoms with Crippen molar-refractivity contribution in [1.29, 1.82) is 0 Å². The largest absolute Gasteiger partial charge is 0.339 e. The molecular formula is C35H28N2. The van der Waals surface area contributed by atoms with Gasteiger partial charge < -0.3 is 9.80 Å². The van der Waals surface area contributed by atoms with Crippen LogP contribution >= 0.6 is 0 Å². The summed E-state index contributed by atoms with van der Waals surface area (Å²) in [6, 6.07) is 39.8. The van der Waals surface area contributed by atoms with Gasteiger partial charge in [-0.1, -0.05) is 97.1 Å². The third kappa shape index (κ3) is 3.55. The van der Waals surface area contributed by atoms with Crippen LogP contribution in [0, 0.1) is 6.67 Å². The molecule has 2 radical (unpaired) electrons. The monoisotopic (exact) mass is 476 g/mol. The zero-order valence-corrected chi connectivity index (χ0v) is 21.1. The second-order valence-electron chi connectivity index (χ2n) is 10.0. The molecule has 6 aromatic rings. The second-order valence-corrected chi connectivity index (χ2v) is 10.0. The van der Waals surface area contributed by atoms with E-state index in [1.165, 1.54) is 54.2 Å². The van der Waals surface area contributed by atoms with Gasteiger partial charge in [-0.25, -0.2) is 0 Å². The normalized spacial score (nSPS) is 15.3. The van der Waals surface area contributed by atoms with Crippen molar-refractivity contribution in [3.8, 4) is 0 Å². The highest BCUT2D eigenvalue weighted by Gasteiger charge is 2.28. The lowest BCUT2D eigenvalue weighted by Crippen LogP contribution is -2.25. The topological polar surface area (TPSA) is 6.48 Å². The fourth-order valence-corrected chi connectivity index (χ4v) is 6.05.